The minimum atomic E-state index is -0.522. The van der Waals surface area contributed by atoms with E-state index in [2.05, 4.69) is 34.1 Å². The fourth-order valence-electron chi connectivity index (χ4n) is 5.31. The van der Waals surface area contributed by atoms with Crippen LogP contribution in [0.15, 0.2) is 78.4 Å². The van der Waals surface area contributed by atoms with Crippen LogP contribution in [-0.4, -0.2) is 55.6 Å². The maximum Gasteiger partial charge on any atom is 0.167 e. The van der Waals surface area contributed by atoms with Gasteiger partial charge in [0.15, 0.2) is 5.78 Å². The number of hydrogen-bond donors (Lipinski definition) is 0. The number of anilines is 1. The lowest BCUT2D eigenvalue weighted by molar-refractivity contribution is -0.128. The molecule has 6 heteroatoms. The fourth-order valence-corrected chi connectivity index (χ4v) is 5.31. The third-order valence-corrected chi connectivity index (χ3v) is 7.19. The van der Waals surface area contributed by atoms with E-state index in [-0.39, 0.29) is 11.8 Å². The van der Waals surface area contributed by atoms with Gasteiger partial charge in [-0.1, -0.05) is 62.4 Å². The Labute approximate surface area is 219 Å². The summed E-state index contributed by atoms with van der Waals surface area (Å²) in [5.74, 6) is 1.93. The van der Waals surface area contributed by atoms with Crippen LogP contribution in [0.4, 0.5) is 5.82 Å². The number of rotatable bonds is 6. The van der Waals surface area contributed by atoms with Crippen LogP contribution in [0.3, 0.4) is 0 Å². The second-order valence-electron chi connectivity index (χ2n) is 10.4. The minimum absolute atomic E-state index is 0.169. The summed E-state index contributed by atoms with van der Waals surface area (Å²) in [6.07, 6.45) is 2.01. The average Bonchev–Trinajstić information content (AvgIpc) is 2.93. The van der Waals surface area contributed by atoms with Gasteiger partial charge in [0.25, 0.3) is 0 Å². The summed E-state index contributed by atoms with van der Waals surface area (Å²) in [5, 5.41) is 0. The van der Waals surface area contributed by atoms with Crippen molar-refractivity contribution in [2.75, 3.05) is 44.9 Å². The molecule has 1 aromatic heterocycles. The second-order valence-corrected chi connectivity index (χ2v) is 10.4. The molecule has 0 N–H and O–H groups in total. The molecule has 3 heterocycles. The standard InChI is InChI=1S/C31H35N3O3/c1-31(2)22-34(21-23-12-14-26(36-3)15-13-23)29(24-8-5-4-6-9-24)27(30(31)35)20-25-10-7-11-28(32-25)33-16-18-37-19-17-33/h4-15,20,29H,16-19,21-22H2,1-3H3. The number of carbonyl (C=O) groups excluding carboxylic acids is 1. The summed E-state index contributed by atoms with van der Waals surface area (Å²) in [7, 11) is 1.68. The molecule has 1 atom stereocenters. The van der Waals surface area contributed by atoms with Crippen molar-refractivity contribution in [2.24, 2.45) is 5.41 Å². The van der Waals surface area contributed by atoms with E-state index in [4.69, 9.17) is 14.5 Å². The SMILES string of the molecule is COc1ccc(CN2CC(C)(C)C(=O)C(=Cc3cccc(N4CCOCC4)n3)C2c2ccccc2)cc1. The first-order chi connectivity index (χ1) is 17.9. The van der Waals surface area contributed by atoms with Crippen LogP contribution in [0.1, 0.15) is 36.7 Å². The molecule has 2 saturated heterocycles. The minimum Gasteiger partial charge on any atom is -0.497 e. The molecule has 0 amide bonds. The number of ether oxygens (including phenoxy) is 2. The van der Waals surface area contributed by atoms with E-state index >= 15 is 0 Å². The van der Waals surface area contributed by atoms with Crippen molar-refractivity contribution >= 4 is 17.7 Å². The molecule has 0 saturated carbocycles. The monoisotopic (exact) mass is 497 g/mol. The van der Waals surface area contributed by atoms with Gasteiger partial charge in [0.05, 0.1) is 32.1 Å². The summed E-state index contributed by atoms with van der Waals surface area (Å²) in [5.41, 5.74) is 3.35. The van der Waals surface area contributed by atoms with Gasteiger partial charge in [-0.2, -0.15) is 0 Å². The number of Topliss-reactive ketones (excluding diaryl/α,β-unsaturated/α-hetero) is 1. The Bertz CT molecular complexity index is 1250. The number of ketones is 1. The first-order valence-corrected chi connectivity index (χ1v) is 12.9. The average molecular weight is 498 g/mol. The molecule has 192 valence electrons. The van der Waals surface area contributed by atoms with Crippen molar-refractivity contribution in [3.8, 4) is 5.75 Å². The third-order valence-electron chi connectivity index (χ3n) is 7.19. The molecule has 2 fully saturated rings. The zero-order valence-corrected chi connectivity index (χ0v) is 21.9. The molecule has 6 nitrogen and oxygen atoms in total. The van der Waals surface area contributed by atoms with Crippen LogP contribution in [0.5, 0.6) is 5.75 Å². The molecule has 0 aliphatic carbocycles. The van der Waals surface area contributed by atoms with Gasteiger partial charge in [0.1, 0.15) is 11.6 Å². The van der Waals surface area contributed by atoms with Crippen molar-refractivity contribution in [3.05, 3.63) is 95.2 Å². The highest BCUT2D eigenvalue weighted by Gasteiger charge is 2.43. The maximum atomic E-state index is 13.9. The molecular formula is C31H35N3O3. The molecule has 37 heavy (non-hydrogen) atoms. The van der Waals surface area contributed by atoms with Crippen molar-refractivity contribution in [2.45, 2.75) is 26.4 Å². The summed E-state index contributed by atoms with van der Waals surface area (Å²) in [6.45, 7) is 8.52. The quantitative estimate of drug-likeness (QED) is 0.439. The van der Waals surface area contributed by atoms with Crippen LogP contribution >= 0.6 is 0 Å². The molecular weight excluding hydrogens is 462 g/mol. The summed E-state index contributed by atoms with van der Waals surface area (Å²) >= 11 is 0. The number of methoxy groups -OCH3 is 1. The first-order valence-electron chi connectivity index (χ1n) is 12.9. The number of likely N-dealkylation sites (tertiary alicyclic amines) is 1. The van der Waals surface area contributed by atoms with E-state index in [0.29, 0.717) is 19.8 Å². The Morgan fingerprint density at radius 2 is 1.73 bits per heavy atom. The summed E-state index contributed by atoms with van der Waals surface area (Å²) < 4.78 is 10.9. The van der Waals surface area contributed by atoms with Gasteiger partial charge in [-0.3, -0.25) is 9.69 Å². The number of aromatic nitrogens is 1. The number of benzene rings is 2. The Balaban J connectivity index is 1.55. The second kappa shape index (κ2) is 10.9. The van der Waals surface area contributed by atoms with E-state index in [0.717, 1.165) is 48.0 Å². The highest BCUT2D eigenvalue weighted by atomic mass is 16.5. The van der Waals surface area contributed by atoms with E-state index in [9.17, 15) is 4.79 Å². The maximum absolute atomic E-state index is 13.9. The number of nitrogens with zero attached hydrogens (tertiary/aromatic N) is 3. The van der Waals surface area contributed by atoms with Gasteiger partial charge >= 0.3 is 0 Å². The highest BCUT2D eigenvalue weighted by molar-refractivity contribution is 6.05. The zero-order valence-electron chi connectivity index (χ0n) is 21.9. The summed E-state index contributed by atoms with van der Waals surface area (Å²) in [6, 6.07) is 24.4. The van der Waals surface area contributed by atoms with Gasteiger partial charge in [-0.05, 0) is 41.5 Å². The van der Waals surface area contributed by atoms with Crippen LogP contribution < -0.4 is 9.64 Å². The normalized spacial score (nSPS) is 21.3. The molecule has 2 aromatic carbocycles. The van der Waals surface area contributed by atoms with Crippen LogP contribution in [-0.2, 0) is 16.1 Å². The van der Waals surface area contributed by atoms with E-state index < -0.39 is 5.41 Å². The van der Waals surface area contributed by atoms with Crippen molar-refractivity contribution in [1.29, 1.82) is 0 Å². The number of hydrogen-bond acceptors (Lipinski definition) is 6. The Morgan fingerprint density at radius 1 is 1.00 bits per heavy atom. The summed E-state index contributed by atoms with van der Waals surface area (Å²) in [4.78, 5) is 23.5. The van der Waals surface area contributed by atoms with Gasteiger partial charge in [0, 0.05) is 37.2 Å². The molecule has 0 spiro atoms. The largest absolute Gasteiger partial charge is 0.497 e. The number of carbonyl (C=O) groups is 1. The van der Waals surface area contributed by atoms with Gasteiger partial charge in [-0.25, -0.2) is 4.98 Å². The van der Waals surface area contributed by atoms with Gasteiger partial charge < -0.3 is 14.4 Å². The van der Waals surface area contributed by atoms with Gasteiger partial charge in [-0.15, -0.1) is 0 Å². The number of pyridine rings is 1. The molecule has 1 unspecified atom stereocenters. The number of piperidine rings is 1. The van der Waals surface area contributed by atoms with E-state index in [1.807, 2.05) is 68.5 Å². The van der Waals surface area contributed by atoms with Crippen LogP contribution in [0.25, 0.3) is 6.08 Å². The molecule has 2 aliphatic heterocycles. The van der Waals surface area contributed by atoms with E-state index in [1.165, 1.54) is 5.56 Å². The van der Waals surface area contributed by atoms with Crippen LogP contribution in [0, 0.1) is 5.41 Å². The Morgan fingerprint density at radius 3 is 2.43 bits per heavy atom. The lowest BCUT2D eigenvalue weighted by Gasteiger charge is -2.44. The zero-order chi connectivity index (χ0) is 25.8. The molecule has 2 aliphatic rings. The Hall–Kier alpha value is -3.48. The van der Waals surface area contributed by atoms with Crippen molar-refractivity contribution in [3.63, 3.8) is 0 Å². The van der Waals surface area contributed by atoms with Crippen molar-refractivity contribution < 1.29 is 14.3 Å². The highest BCUT2D eigenvalue weighted by Crippen LogP contribution is 2.42. The predicted octanol–water partition coefficient (Wildman–Crippen LogP) is 5.16. The van der Waals surface area contributed by atoms with E-state index in [1.54, 1.807) is 7.11 Å². The molecule has 0 bridgehead atoms. The van der Waals surface area contributed by atoms with Crippen molar-refractivity contribution in [1.82, 2.24) is 9.88 Å². The fraction of sp³-hybridized carbons (Fsp3) is 0.355. The molecule has 5 rings (SSSR count). The molecule has 3 aromatic rings. The Kier molecular flexibility index (Phi) is 7.40. The smallest absolute Gasteiger partial charge is 0.167 e. The van der Waals surface area contributed by atoms with Crippen LogP contribution in [0.2, 0.25) is 0 Å². The first kappa shape index (κ1) is 25.2. The topological polar surface area (TPSA) is 54.9 Å². The lowest BCUT2D eigenvalue weighted by Crippen LogP contribution is -2.49. The predicted molar refractivity (Wildman–Crippen MR) is 147 cm³/mol. The van der Waals surface area contributed by atoms with Gasteiger partial charge in [0.2, 0.25) is 0 Å². The number of morpholine rings is 1. The lowest BCUT2D eigenvalue weighted by atomic mass is 9.74. The third kappa shape index (κ3) is 5.60. The molecule has 0 radical (unpaired) electrons.